The van der Waals surface area contributed by atoms with E-state index in [1.54, 1.807) is 0 Å². The lowest BCUT2D eigenvalue weighted by atomic mass is 10.3. The van der Waals surface area contributed by atoms with Crippen LogP contribution in [0.1, 0.15) is 0 Å². The fourth-order valence-corrected chi connectivity index (χ4v) is 1.19. The summed E-state index contributed by atoms with van der Waals surface area (Å²) in [7, 11) is 0. The Hall–Kier alpha value is -2.31. The minimum absolute atomic E-state index is 0.263. The maximum atomic E-state index is 12.9. The van der Waals surface area contributed by atoms with Crippen LogP contribution in [0.25, 0.3) is 5.69 Å². The molecule has 0 spiro atoms. The standard InChI is InChI=1S/C9H5F2N3O2/c10-7-2-1-6(3-8(7)11)13-4-9(12-5-13)14(15)16/h1-5H. The second-order valence-corrected chi connectivity index (χ2v) is 2.99. The van der Waals surface area contributed by atoms with Gasteiger partial charge in [0, 0.05) is 6.07 Å². The van der Waals surface area contributed by atoms with Gasteiger partial charge in [0.2, 0.25) is 6.33 Å². The van der Waals surface area contributed by atoms with Crippen molar-refractivity contribution in [1.29, 1.82) is 0 Å². The lowest BCUT2D eigenvalue weighted by Crippen LogP contribution is -1.93. The number of hydrogen-bond donors (Lipinski definition) is 0. The summed E-state index contributed by atoms with van der Waals surface area (Å²) >= 11 is 0. The van der Waals surface area contributed by atoms with Crippen LogP contribution in [0, 0.1) is 21.7 Å². The van der Waals surface area contributed by atoms with Crippen LogP contribution in [0.2, 0.25) is 0 Å². The van der Waals surface area contributed by atoms with Crippen LogP contribution >= 0.6 is 0 Å². The molecule has 1 aromatic carbocycles. The maximum Gasteiger partial charge on any atom is 0.381 e. The summed E-state index contributed by atoms with van der Waals surface area (Å²) < 4.78 is 26.8. The van der Waals surface area contributed by atoms with Crippen molar-refractivity contribution in [2.45, 2.75) is 0 Å². The second kappa shape index (κ2) is 3.69. The minimum atomic E-state index is -1.02. The Morgan fingerprint density at radius 3 is 2.62 bits per heavy atom. The van der Waals surface area contributed by atoms with E-state index in [0.717, 1.165) is 24.7 Å². The van der Waals surface area contributed by atoms with Crippen molar-refractivity contribution in [2.24, 2.45) is 0 Å². The zero-order valence-electron chi connectivity index (χ0n) is 7.80. The maximum absolute atomic E-state index is 12.9. The molecule has 82 valence electrons. The average molecular weight is 225 g/mol. The fraction of sp³-hybridized carbons (Fsp3) is 0. The molecule has 0 saturated carbocycles. The first-order valence-corrected chi connectivity index (χ1v) is 4.22. The summed E-state index contributed by atoms with van der Waals surface area (Å²) in [4.78, 5) is 13.2. The molecule has 0 aliphatic rings. The highest BCUT2D eigenvalue weighted by molar-refractivity contribution is 5.34. The molecule has 0 aliphatic carbocycles. The molecule has 0 radical (unpaired) electrons. The van der Waals surface area contributed by atoms with Gasteiger partial charge in [0.05, 0.1) is 5.69 Å². The van der Waals surface area contributed by atoms with Crippen LogP contribution < -0.4 is 0 Å². The van der Waals surface area contributed by atoms with Gasteiger partial charge < -0.3 is 10.1 Å². The molecule has 5 nitrogen and oxygen atoms in total. The number of halogens is 2. The summed E-state index contributed by atoms with van der Waals surface area (Å²) in [5, 5.41) is 10.4. The molecule has 0 fully saturated rings. The Bertz CT molecular complexity index is 553. The summed E-state index contributed by atoms with van der Waals surface area (Å²) in [6, 6.07) is 3.17. The third-order valence-corrected chi connectivity index (χ3v) is 1.96. The van der Waals surface area contributed by atoms with E-state index in [2.05, 4.69) is 4.98 Å². The molecule has 16 heavy (non-hydrogen) atoms. The van der Waals surface area contributed by atoms with E-state index in [4.69, 9.17) is 0 Å². The zero-order valence-corrected chi connectivity index (χ0v) is 7.80. The van der Waals surface area contributed by atoms with Crippen molar-refractivity contribution in [2.75, 3.05) is 0 Å². The first-order chi connectivity index (χ1) is 7.58. The van der Waals surface area contributed by atoms with Crippen molar-refractivity contribution >= 4 is 5.82 Å². The molecule has 0 aliphatic heterocycles. The Labute approximate surface area is 88.1 Å². The first-order valence-electron chi connectivity index (χ1n) is 4.22. The molecule has 2 aromatic rings. The molecule has 2 rings (SSSR count). The SMILES string of the molecule is O=[N+]([O-])c1cn(-c2ccc(F)c(F)c2)cn1. The molecular weight excluding hydrogens is 220 g/mol. The first kappa shape index (κ1) is 10.2. The molecule has 7 heteroatoms. The molecule has 1 aromatic heterocycles. The van der Waals surface area contributed by atoms with Crippen molar-refractivity contribution in [3.8, 4) is 5.69 Å². The Kier molecular flexibility index (Phi) is 2.35. The topological polar surface area (TPSA) is 61.0 Å². The monoisotopic (exact) mass is 225 g/mol. The van der Waals surface area contributed by atoms with Gasteiger partial charge in [-0.25, -0.2) is 8.78 Å². The Balaban J connectivity index is 2.42. The van der Waals surface area contributed by atoms with Gasteiger partial charge >= 0.3 is 5.82 Å². The van der Waals surface area contributed by atoms with Crippen molar-refractivity contribution < 1.29 is 13.7 Å². The molecule has 0 amide bonds. The fourth-order valence-electron chi connectivity index (χ4n) is 1.19. The molecule has 0 saturated heterocycles. The van der Waals surface area contributed by atoms with Crippen LogP contribution in [0.3, 0.4) is 0 Å². The molecule has 0 bridgehead atoms. The highest BCUT2D eigenvalue weighted by Crippen LogP contribution is 2.15. The molecule has 1 heterocycles. The smallest absolute Gasteiger partial charge is 0.358 e. The Morgan fingerprint density at radius 2 is 2.06 bits per heavy atom. The largest absolute Gasteiger partial charge is 0.381 e. The summed E-state index contributed by atoms with van der Waals surface area (Å²) in [5.41, 5.74) is 0.263. The van der Waals surface area contributed by atoms with Crippen LogP contribution in [0.4, 0.5) is 14.6 Å². The van der Waals surface area contributed by atoms with Crippen molar-refractivity contribution in [1.82, 2.24) is 9.55 Å². The third kappa shape index (κ3) is 1.74. The molecule has 0 atom stereocenters. The van der Waals surface area contributed by atoms with Gasteiger partial charge in [-0.05, 0) is 22.0 Å². The van der Waals surface area contributed by atoms with Crippen LogP contribution in [0.15, 0.2) is 30.7 Å². The van der Waals surface area contributed by atoms with Gasteiger partial charge in [-0.1, -0.05) is 0 Å². The number of benzene rings is 1. The number of hydrogen-bond acceptors (Lipinski definition) is 3. The molecule has 0 N–H and O–H groups in total. The third-order valence-electron chi connectivity index (χ3n) is 1.96. The number of rotatable bonds is 2. The highest BCUT2D eigenvalue weighted by atomic mass is 19.2. The van der Waals surface area contributed by atoms with E-state index in [1.165, 1.54) is 10.6 Å². The molecule has 0 unspecified atom stereocenters. The van der Waals surface area contributed by atoms with E-state index in [1.807, 2.05) is 0 Å². The predicted molar refractivity (Wildman–Crippen MR) is 50.1 cm³/mol. The number of imidazole rings is 1. The van der Waals surface area contributed by atoms with Crippen LogP contribution in [-0.4, -0.2) is 14.5 Å². The van der Waals surface area contributed by atoms with E-state index in [9.17, 15) is 18.9 Å². The van der Waals surface area contributed by atoms with Gasteiger partial charge in [-0.2, -0.15) is 0 Å². The summed E-state index contributed by atoms with van der Waals surface area (Å²) in [5.74, 6) is -2.35. The van der Waals surface area contributed by atoms with Gasteiger partial charge in [0.25, 0.3) is 0 Å². The predicted octanol–water partition coefficient (Wildman–Crippen LogP) is 2.06. The van der Waals surface area contributed by atoms with Crippen LogP contribution in [-0.2, 0) is 0 Å². The number of nitrogens with zero attached hydrogens (tertiary/aromatic N) is 3. The van der Waals surface area contributed by atoms with E-state index >= 15 is 0 Å². The number of nitro groups is 1. The van der Waals surface area contributed by atoms with Gasteiger partial charge in [-0.3, -0.25) is 4.57 Å². The van der Waals surface area contributed by atoms with Crippen molar-refractivity contribution in [3.05, 3.63) is 52.5 Å². The van der Waals surface area contributed by atoms with Gasteiger partial charge in [0.15, 0.2) is 11.6 Å². The summed E-state index contributed by atoms with van der Waals surface area (Å²) in [6.07, 6.45) is 2.28. The summed E-state index contributed by atoms with van der Waals surface area (Å²) in [6.45, 7) is 0. The van der Waals surface area contributed by atoms with Gasteiger partial charge in [-0.15, -0.1) is 0 Å². The average Bonchev–Trinajstić information content (AvgIpc) is 2.71. The van der Waals surface area contributed by atoms with Crippen LogP contribution in [0.5, 0.6) is 0 Å². The highest BCUT2D eigenvalue weighted by Gasteiger charge is 2.11. The lowest BCUT2D eigenvalue weighted by Gasteiger charge is -2.00. The van der Waals surface area contributed by atoms with Gasteiger partial charge in [0.1, 0.15) is 6.20 Å². The second-order valence-electron chi connectivity index (χ2n) is 2.99. The molecular formula is C9H5F2N3O2. The van der Waals surface area contributed by atoms with E-state index in [-0.39, 0.29) is 11.5 Å². The Morgan fingerprint density at radius 1 is 1.31 bits per heavy atom. The van der Waals surface area contributed by atoms with Crippen molar-refractivity contribution in [3.63, 3.8) is 0 Å². The van der Waals surface area contributed by atoms with E-state index < -0.39 is 16.6 Å². The number of aromatic nitrogens is 2. The normalized spacial score (nSPS) is 10.4. The lowest BCUT2D eigenvalue weighted by molar-refractivity contribution is -0.389. The quantitative estimate of drug-likeness (QED) is 0.580. The van der Waals surface area contributed by atoms with E-state index in [0.29, 0.717) is 0 Å². The minimum Gasteiger partial charge on any atom is -0.358 e. The zero-order chi connectivity index (χ0) is 11.7.